The number of nitrogens with zero attached hydrogens (tertiary/aromatic N) is 1. The zero-order valence-corrected chi connectivity index (χ0v) is 15.7. The molecule has 26 heavy (non-hydrogen) atoms. The Morgan fingerprint density at radius 1 is 1.12 bits per heavy atom. The van der Waals surface area contributed by atoms with Crippen molar-refractivity contribution in [1.29, 1.82) is 0 Å². The summed E-state index contributed by atoms with van der Waals surface area (Å²) in [6.45, 7) is 4.27. The maximum atomic E-state index is 12.8. The van der Waals surface area contributed by atoms with E-state index in [9.17, 15) is 9.59 Å². The van der Waals surface area contributed by atoms with Crippen LogP contribution in [-0.2, 0) is 9.53 Å². The molecule has 0 saturated carbocycles. The first-order chi connectivity index (χ1) is 12.5. The highest BCUT2D eigenvalue weighted by molar-refractivity contribution is 6.30. The molecule has 0 radical (unpaired) electrons. The van der Waals surface area contributed by atoms with Crippen molar-refractivity contribution in [3.8, 4) is 0 Å². The number of urea groups is 1. The van der Waals surface area contributed by atoms with Crippen molar-refractivity contribution in [3.63, 3.8) is 0 Å². The molecule has 2 amide bonds. The van der Waals surface area contributed by atoms with Crippen LogP contribution in [0.25, 0.3) is 0 Å². The molecule has 0 heterocycles. The van der Waals surface area contributed by atoms with Gasteiger partial charge in [-0.3, -0.25) is 4.79 Å². The lowest BCUT2D eigenvalue weighted by Crippen LogP contribution is -2.38. The lowest BCUT2D eigenvalue weighted by molar-refractivity contribution is -0.143. The highest BCUT2D eigenvalue weighted by Gasteiger charge is 2.22. The Kier molecular flexibility index (Phi) is 7.48. The molecule has 1 N–H and O–H groups in total. The van der Waals surface area contributed by atoms with Crippen LogP contribution in [0.5, 0.6) is 0 Å². The molecular formula is C20H23ClN2O3. The van der Waals surface area contributed by atoms with Crippen LogP contribution in [0.4, 0.5) is 10.5 Å². The average Bonchev–Trinajstić information content (AvgIpc) is 2.64. The summed E-state index contributed by atoms with van der Waals surface area (Å²) in [4.78, 5) is 26.2. The van der Waals surface area contributed by atoms with E-state index in [1.54, 1.807) is 36.1 Å². The van der Waals surface area contributed by atoms with E-state index in [-0.39, 0.29) is 31.0 Å². The molecule has 0 aliphatic rings. The van der Waals surface area contributed by atoms with Gasteiger partial charge in [-0.05, 0) is 43.7 Å². The van der Waals surface area contributed by atoms with Gasteiger partial charge >= 0.3 is 12.0 Å². The van der Waals surface area contributed by atoms with Crippen molar-refractivity contribution in [2.24, 2.45) is 0 Å². The van der Waals surface area contributed by atoms with E-state index in [2.05, 4.69) is 5.32 Å². The van der Waals surface area contributed by atoms with Gasteiger partial charge in [0.25, 0.3) is 0 Å². The largest absolute Gasteiger partial charge is 0.466 e. The van der Waals surface area contributed by atoms with Crippen LogP contribution in [0.15, 0.2) is 54.6 Å². The summed E-state index contributed by atoms with van der Waals surface area (Å²) in [6, 6.07) is 16.1. The number of ether oxygens (including phenoxy) is 1. The molecule has 0 aromatic heterocycles. The monoisotopic (exact) mass is 374 g/mol. The minimum absolute atomic E-state index is 0.138. The van der Waals surface area contributed by atoms with Gasteiger partial charge in [-0.2, -0.15) is 0 Å². The fourth-order valence-electron chi connectivity index (χ4n) is 2.56. The quantitative estimate of drug-likeness (QED) is 0.702. The van der Waals surface area contributed by atoms with Crippen LogP contribution in [-0.4, -0.2) is 30.1 Å². The SMILES string of the molecule is CCOC(=O)CCN(C(=O)Nc1ccc(Cl)cc1)C(C)c1ccccc1. The Hall–Kier alpha value is -2.53. The molecule has 0 bridgehead atoms. The van der Waals surface area contributed by atoms with Gasteiger partial charge in [-0.15, -0.1) is 0 Å². The molecule has 1 atom stereocenters. The van der Waals surface area contributed by atoms with Crippen LogP contribution in [0.3, 0.4) is 0 Å². The number of benzene rings is 2. The number of carbonyl (C=O) groups is 2. The molecule has 0 aliphatic heterocycles. The fraction of sp³-hybridized carbons (Fsp3) is 0.300. The van der Waals surface area contributed by atoms with Crippen molar-refractivity contribution in [2.75, 3.05) is 18.5 Å². The molecule has 0 aliphatic carbocycles. The van der Waals surface area contributed by atoms with E-state index >= 15 is 0 Å². The summed E-state index contributed by atoms with van der Waals surface area (Å²) in [6.07, 6.45) is 0.138. The Bertz CT molecular complexity index is 720. The minimum Gasteiger partial charge on any atom is -0.466 e. The third-order valence-electron chi connectivity index (χ3n) is 3.97. The van der Waals surface area contributed by atoms with Crippen molar-refractivity contribution < 1.29 is 14.3 Å². The zero-order valence-electron chi connectivity index (χ0n) is 14.9. The topological polar surface area (TPSA) is 58.6 Å². The first-order valence-corrected chi connectivity index (χ1v) is 8.92. The summed E-state index contributed by atoms with van der Waals surface area (Å²) in [5, 5.41) is 3.45. The molecule has 138 valence electrons. The Morgan fingerprint density at radius 2 is 1.77 bits per heavy atom. The predicted molar refractivity (Wildman–Crippen MR) is 103 cm³/mol. The molecule has 6 heteroatoms. The minimum atomic E-state index is -0.322. The molecule has 1 unspecified atom stereocenters. The number of rotatable bonds is 7. The second-order valence-corrected chi connectivity index (χ2v) is 6.21. The summed E-state index contributed by atoms with van der Waals surface area (Å²) in [5.74, 6) is -0.322. The zero-order chi connectivity index (χ0) is 18.9. The summed E-state index contributed by atoms with van der Waals surface area (Å²) >= 11 is 5.88. The molecule has 2 aromatic rings. The van der Waals surface area contributed by atoms with E-state index in [1.807, 2.05) is 37.3 Å². The van der Waals surface area contributed by atoms with Crippen LogP contribution in [0.2, 0.25) is 5.02 Å². The van der Waals surface area contributed by atoms with Crippen molar-refractivity contribution in [2.45, 2.75) is 26.3 Å². The van der Waals surface area contributed by atoms with Gasteiger partial charge in [0.1, 0.15) is 0 Å². The first-order valence-electron chi connectivity index (χ1n) is 8.55. The van der Waals surface area contributed by atoms with Crippen molar-refractivity contribution in [3.05, 3.63) is 65.2 Å². The van der Waals surface area contributed by atoms with Crippen LogP contribution >= 0.6 is 11.6 Å². The van der Waals surface area contributed by atoms with Gasteiger partial charge in [-0.25, -0.2) is 4.79 Å². The predicted octanol–water partition coefficient (Wildman–Crippen LogP) is 4.89. The Morgan fingerprint density at radius 3 is 2.38 bits per heavy atom. The number of esters is 1. The fourth-order valence-corrected chi connectivity index (χ4v) is 2.68. The van der Waals surface area contributed by atoms with E-state index < -0.39 is 0 Å². The van der Waals surface area contributed by atoms with E-state index in [0.717, 1.165) is 5.56 Å². The highest BCUT2D eigenvalue weighted by atomic mass is 35.5. The lowest BCUT2D eigenvalue weighted by atomic mass is 10.1. The maximum absolute atomic E-state index is 12.8. The van der Waals surface area contributed by atoms with Gasteiger partial charge < -0.3 is 15.0 Å². The second-order valence-electron chi connectivity index (χ2n) is 5.77. The van der Waals surface area contributed by atoms with Crippen LogP contribution < -0.4 is 5.32 Å². The number of hydrogen-bond donors (Lipinski definition) is 1. The Balaban J connectivity index is 2.14. The summed E-state index contributed by atoms with van der Waals surface area (Å²) in [7, 11) is 0. The van der Waals surface area contributed by atoms with Crippen LogP contribution in [0, 0.1) is 0 Å². The molecule has 0 spiro atoms. The molecule has 2 aromatic carbocycles. The number of carbonyl (C=O) groups excluding carboxylic acids is 2. The van der Waals surface area contributed by atoms with Gasteiger partial charge in [0.05, 0.1) is 19.1 Å². The maximum Gasteiger partial charge on any atom is 0.322 e. The first kappa shape index (κ1) is 19.8. The molecule has 2 rings (SSSR count). The van der Waals surface area contributed by atoms with Crippen LogP contribution in [0.1, 0.15) is 31.9 Å². The van der Waals surface area contributed by atoms with Gasteiger partial charge in [-0.1, -0.05) is 41.9 Å². The summed E-state index contributed by atoms with van der Waals surface area (Å²) < 4.78 is 4.98. The van der Waals surface area contributed by atoms with Crippen molar-refractivity contribution in [1.82, 2.24) is 4.90 Å². The van der Waals surface area contributed by atoms with E-state index in [1.165, 1.54) is 0 Å². The molecule has 0 saturated heterocycles. The number of anilines is 1. The standard InChI is InChI=1S/C20H23ClN2O3/c1-3-26-19(24)13-14-23(15(2)16-7-5-4-6-8-16)20(25)22-18-11-9-17(21)10-12-18/h4-12,15H,3,13-14H2,1-2H3,(H,22,25). The number of halogens is 1. The third kappa shape index (κ3) is 5.77. The number of nitrogens with one attached hydrogen (secondary N) is 1. The Labute approximate surface area is 158 Å². The number of hydrogen-bond acceptors (Lipinski definition) is 3. The summed E-state index contributed by atoms with van der Waals surface area (Å²) in [5.41, 5.74) is 1.63. The van der Waals surface area contributed by atoms with Gasteiger partial charge in [0, 0.05) is 17.3 Å². The molecule has 0 fully saturated rings. The number of amides is 2. The third-order valence-corrected chi connectivity index (χ3v) is 4.22. The molecular weight excluding hydrogens is 352 g/mol. The van der Waals surface area contributed by atoms with E-state index in [0.29, 0.717) is 17.3 Å². The molecule has 5 nitrogen and oxygen atoms in total. The highest BCUT2D eigenvalue weighted by Crippen LogP contribution is 2.22. The average molecular weight is 375 g/mol. The smallest absolute Gasteiger partial charge is 0.322 e. The van der Waals surface area contributed by atoms with Gasteiger partial charge in [0.2, 0.25) is 0 Å². The van der Waals surface area contributed by atoms with Gasteiger partial charge in [0.15, 0.2) is 0 Å². The lowest BCUT2D eigenvalue weighted by Gasteiger charge is -2.29. The van der Waals surface area contributed by atoms with Crippen molar-refractivity contribution >= 4 is 29.3 Å². The van der Waals surface area contributed by atoms with E-state index in [4.69, 9.17) is 16.3 Å². The normalized spacial score (nSPS) is 11.5. The second kappa shape index (κ2) is 9.82.